The molecule has 4 rings (SSSR count). The summed E-state index contributed by atoms with van der Waals surface area (Å²) < 4.78 is 14.8. The number of methoxy groups -OCH3 is 1. The summed E-state index contributed by atoms with van der Waals surface area (Å²) in [7, 11) is 1.65. The average molecular weight is 361 g/mol. The predicted molar refractivity (Wildman–Crippen MR) is 103 cm³/mol. The minimum absolute atomic E-state index is 0.563. The first-order valence-electron chi connectivity index (χ1n) is 8.57. The maximum Gasteiger partial charge on any atom is 0.141 e. The van der Waals surface area contributed by atoms with Crippen LogP contribution in [0, 0.1) is 0 Å². The Morgan fingerprint density at radius 2 is 1.74 bits per heavy atom. The van der Waals surface area contributed by atoms with Crippen molar-refractivity contribution in [2.24, 2.45) is 5.10 Å². The van der Waals surface area contributed by atoms with Crippen LogP contribution in [0.2, 0.25) is 0 Å². The van der Waals surface area contributed by atoms with Crippen LogP contribution in [0.25, 0.3) is 10.9 Å². The third-order valence-corrected chi connectivity index (χ3v) is 4.22. The van der Waals surface area contributed by atoms with E-state index in [0.29, 0.717) is 6.61 Å². The monoisotopic (exact) mass is 361 g/mol. The summed E-state index contributed by atoms with van der Waals surface area (Å²) in [6, 6.07) is 15.8. The summed E-state index contributed by atoms with van der Waals surface area (Å²) in [6.07, 6.45) is 7.00. The number of hydrogen-bond acceptors (Lipinski definition) is 5. The van der Waals surface area contributed by atoms with E-state index in [1.807, 2.05) is 42.6 Å². The lowest BCUT2D eigenvalue weighted by atomic mass is 10.2. The summed E-state index contributed by atoms with van der Waals surface area (Å²) in [4.78, 5) is 0. The first-order chi connectivity index (χ1) is 13.3. The Morgan fingerprint density at radius 3 is 2.52 bits per heavy atom. The number of nitrogens with zero attached hydrogens (tertiary/aromatic N) is 5. The van der Waals surface area contributed by atoms with Crippen molar-refractivity contribution in [3.63, 3.8) is 0 Å². The summed E-state index contributed by atoms with van der Waals surface area (Å²) in [6.45, 7) is 1.29. The predicted octanol–water partition coefficient (Wildman–Crippen LogP) is 3.20. The van der Waals surface area contributed by atoms with E-state index in [2.05, 4.69) is 38.2 Å². The molecule has 0 saturated carbocycles. The van der Waals surface area contributed by atoms with Crippen LogP contribution in [0.5, 0.6) is 11.5 Å². The Balaban J connectivity index is 1.49. The van der Waals surface area contributed by atoms with Crippen molar-refractivity contribution >= 4 is 17.1 Å². The van der Waals surface area contributed by atoms with E-state index < -0.39 is 0 Å². The first kappa shape index (κ1) is 16.8. The van der Waals surface area contributed by atoms with Crippen molar-refractivity contribution in [3.05, 3.63) is 72.9 Å². The van der Waals surface area contributed by atoms with Gasteiger partial charge in [0.1, 0.15) is 30.8 Å². The van der Waals surface area contributed by atoms with E-state index >= 15 is 0 Å². The minimum Gasteiger partial charge on any atom is -0.497 e. The normalized spacial score (nSPS) is 11.3. The highest BCUT2D eigenvalue weighted by Crippen LogP contribution is 2.21. The van der Waals surface area contributed by atoms with Gasteiger partial charge in [-0.3, -0.25) is 0 Å². The molecule has 0 radical (unpaired) electrons. The van der Waals surface area contributed by atoms with Crippen molar-refractivity contribution < 1.29 is 9.47 Å². The number of rotatable bonds is 7. The second-order valence-electron chi connectivity index (χ2n) is 5.91. The van der Waals surface area contributed by atoms with Crippen molar-refractivity contribution in [3.8, 4) is 11.5 Å². The molecule has 0 atom stereocenters. The van der Waals surface area contributed by atoms with Crippen LogP contribution in [-0.2, 0) is 6.54 Å². The quantitative estimate of drug-likeness (QED) is 0.474. The van der Waals surface area contributed by atoms with Gasteiger partial charge in [-0.15, -0.1) is 10.2 Å². The third kappa shape index (κ3) is 3.82. The van der Waals surface area contributed by atoms with Gasteiger partial charge in [0.25, 0.3) is 0 Å². The van der Waals surface area contributed by atoms with Gasteiger partial charge in [-0.2, -0.15) is 5.10 Å². The lowest BCUT2D eigenvalue weighted by Gasteiger charge is -2.09. The van der Waals surface area contributed by atoms with E-state index in [1.54, 1.807) is 24.4 Å². The molecule has 0 amide bonds. The molecule has 7 nitrogen and oxygen atoms in total. The number of ether oxygens (including phenoxy) is 2. The average Bonchev–Trinajstić information content (AvgIpc) is 3.35. The van der Waals surface area contributed by atoms with Crippen LogP contribution in [0.15, 0.2) is 72.5 Å². The lowest BCUT2D eigenvalue weighted by Crippen LogP contribution is -2.07. The molecule has 7 heteroatoms. The second kappa shape index (κ2) is 7.74. The van der Waals surface area contributed by atoms with Crippen molar-refractivity contribution in [1.82, 2.24) is 19.4 Å². The lowest BCUT2D eigenvalue weighted by molar-refractivity contribution is 0.300. The summed E-state index contributed by atoms with van der Waals surface area (Å²) in [5.41, 5.74) is 2.17. The van der Waals surface area contributed by atoms with Crippen molar-refractivity contribution in [1.29, 1.82) is 0 Å². The number of fused-ring (bicyclic) bond motifs is 1. The molecule has 4 aromatic rings. The van der Waals surface area contributed by atoms with Gasteiger partial charge in [-0.05, 0) is 30.3 Å². The highest BCUT2D eigenvalue weighted by molar-refractivity contribution is 5.99. The van der Waals surface area contributed by atoms with E-state index in [9.17, 15) is 0 Å². The molecular weight excluding hydrogens is 342 g/mol. The molecule has 0 spiro atoms. The number of aromatic nitrogens is 4. The van der Waals surface area contributed by atoms with Crippen LogP contribution < -0.4 is 9.47 Å². The molecule has 2 aromatic heterocycles. The SMILES string of the molecule is COc1ccc(OCCn2cc(/C=N/n3cnnc3)c3ccccc32)cc1. The third-order valence-electron chi connectivity index (χ3n) is 4.22. The molecule has 2 heterocycles. The van der Waals surface area contributed by atoms with Gasteiger partial charge in [0, 0.05) is 22.7 Å². The van der Waals surface area contributed by atoms with Gasteiger partial charge >= 0.3 is 0 Å². The minimum atomic E-state index is 0.563. The standard InChI is InChI=1S/C20H19N5O2/c1-26-17-6-8-18(9-7-17)27-11-10-24-13-16(12-23-25-14-21-22-15-25)19-4-2-3-5-20(19)24/h2-9,12-15H,10-11H2,1H3/b23-12+. The molecule has 2 aromatic carbocycles. The zero-order chi connectivity index (χ0) is 18.5. The largest absolute Gasteiger partial charge is 0.497 e. The molecule has 0 aliphatic carbocycles. The fourth-order valence-electron chi connectivity index (χ4n) is 2.88. The number of benzene rings is 2. The summed E-state index contributed by atoms with van der Waals surface area (Å²) >= 11 is 0. The highest BCUT2D eigenvalue weighted by Gasteiger charge is 2.07. The van der Waals surface area contributed by atoms with Crippen molar-refractivity contribution in [2.45, 2.75) is 6.54 Å². The first-order valence-corrected chi connectivity index (χ1v) is 8.57. The summed E-state index contributed by atoms with van der Waals surface area (Å²) in [5.74, 6) is 1.64. The van der Waals surface area contributed by atoms with Gasteiger partial charge in [0.05, 0.1) is 19.9 Å². The molecule has 136 valence electrons. The zero-order valence-corrected chi connectivity index (χ0v) is 14.9. The Bertz CT molecular complexity index is 1040. The smallest absolute Gasteiger partial charge is 0.141 e. The second-order valence-corrected chi connectivity index (χ2v) is 5.91. The molecule has 0 N–H and O–H groups in total. The fraction of sp³-hybridized carbons (Fsp3) is 0.150. The van der Waals surface area contributed by atoms with E-state index in [-0.39, 0.29) is 0 Å². The Hall–Kier alpha value is -3.61. The van der Waals surface area contributed by atoms with Crippen LogP contribution in [0.1, 0.15) is 5.56 Å². The van der Waals surface area contributed by atoms with Gasteiger partial charge in [0.2, 0.25) is 0 Å². The molecule has 0 saturated heterocycles. The maximum atomic E-state index is 5.86. The van der Waals surface area contributed by atoms with E-state index in [0.717, 1.165) is 34.5 Å². The molecule has 0 aliphatic heterocycles. The van der Waals surface area contributed by atoms with E-state index in [4.69, 9.17) is 9.47 Å². The maximum absolute atomic E-state index is 5.86. The van der Waals surface area contributed by atoms with Crippen LogP contribution in [-0.4, -0.2) is 39.4 Å². The van der Waals surface area contributed by atoms with Crippen molar-refractivity contribution in [2.75, 3.05) is 13.7 Å². The molecule has 0 bridgehead atoms. The molecule has 0 aliphatic rings. The Labute approximate surface area is 156 Å². The van der Waals surface area contributed by atoms with Gasteiger partial charge < -0.3 is 14.0 Å². The topological polar surface area (TPSA) is 66.5 Å². The van der Waals surface area contributed by atoms with E-state index in [1.165, 1.54) is 0 Å². The Kier molecular flexibility index (Phi) is 4.82. The van der Waals surface area contributed by atoms with Crippen LogP contribution in [0.3, 0.4) is 0 Å². The van der Waals surface area contributed by atoms with Gasteiger partial charge in [-0.1, -0.05) is 18.2 Å². The van der Waals surface area contributed by atoms with Crippen LogP contribution >= 0.6 is 0 Å². The molecular formula is C20H19N5O2. The van der Waals surface area contributed by atoms with Gasteiger partial charge in [0.15, 0.2) is 0 Å². The molecule has 0 unspecified atom stereocenters. The highest BCUT2D eigenvalue weighted by atomic mass is 16.5. The number of hydrogen-bond donors (Lipinski definition) is 0. The van der Waals surface area contributed by atoms with Crippen LogP contribution in [0.4, 0.5) is 0 Å². The number of para-hydroxylation sites is 1. The zero-order valence-electron chi connectivity index (χ0n) is 14.9. The Morgan fingerprint density at radius 1 is 1.00 bits per heavy atom. The fourth-order valence-corrected chi connectivity index (χ4v) is 2.88. The molecule has 27 heavy (non-hydrogen) atoms. The molecule has 0 fully saturated rings. The van der Waals surface area contributed by atoms with Gasteiger partial charge in [-0.25, -0.2) is 4.68 Å². The summed E-state index contributed by atoms with van der Waals surface area (Å²) in [5, 5.41) is 13.0.